The fourth-order valence-corrected chi connectivity index (χ4v) is 1.21. The van der Waals surface area contributed by atoms with Crippen LogP contribution in [0.15, 0.2) is 4.99 Å². The quantitative estimate of drug-likeness (QED) is 0.468. The summed E-state index contributed by atoms with van der Waals surface area (Å²) in [5, 5.41) is 6.16. The minimum Gasteiger partial charge on any atom is -0.379 e. The number of nitrogens with zero attached hydrogens (tertiary/aromatic N) is 1. The van der Waals surface area contributed by atoms with Crippen LogP contribution in [0.3, 0.4) is 0 Å². The Morgan fingerprint density at radius 2 is 1.93 bits per heavy atom. The van der Waals surface area contributed by atoms with E-state index in [1.165, 1.54) is 0 Å². The molecule has 0 saturated carbocycles. The summed E-state index contributed by atoms with van der Waals surface area (Å²) in [6.07, 6.45) is 0.174. The first-order valence-corrected chi connectivity index (χ1v) is 4.87. The number of halogens is 1. The average molecular weight is 329 g/mol. The normalized spacial score (nSPS) is 14.1. The molecule has 0 radical (unpaired) electrons. The third kappa shape index (κ3) is 6.94. The van der Waals surface area contributed by atoms with Crippen LogP contribution < -0.4 is 10.6 Å². The number of nitrogens with one attached hydrogen (secondary N) is 2. The van der Waals surface area contributed by atoms with Crippen molar-refractivity contribution in [2.24, 2.45) is 10.4 Å². The lowest BCUT2D eigenvalue weighted by atomic mass is 9.89. The number of hydrogen-bond acceptors (Lipinski definition) is 2. The maximum Gasteiger partial charge on any atom is 0.190 e. The summed E-state index contributed by atoms with van der Waals surface area (Å²) in [5.41, 5.74) is 0.133. The van der Waals surface area contributed by atoms with E-state index in [0.29, 0.717) is 0 Å². The number of rotatable bonds is 3. The van der Waals surface area contributed by atoms with Crippen molar-refractivity contribution in [3.8, 4) is 0 Å². The molecule has 4 nitrogen and oxygen atoms in total. The van der Waals surface area contributed by atoms with Gasteiger partial charge in [0, 0.05) is 27.7 Å². The van der Waals surface area contributed by atoms with E-state index in [9.17, 15) is 0 Å². The second kappa shape index (κ2) is 8.15. The summed E-state index contributed by atoms with van der Waals surface area (Å²) in [7, 11) is 5.33. The highest BCUT2D eigenvalue weighted by atomic mass is 127. The first-order valence-electron chi connectivity index (χ1n) is 4.87. The molecule has 0 aromatic heterocycles. The fraction of sp³-hybridized carbons (Fsp3) is 0.900. The topological polar surface area (TPSA) is 45.7 Å². The molecular formula is C10H24IN3O. The van der Waals surface area contributed by atoms with Crippen molar-refractivity contribution >= 4 is 29.9 Å². The van der Waals surface area contributed by atoms with E-state index in [1.807, 2.05) is 7.05 Å². The van der Waals surface area contributed by atoms with E-state index in [1.54, 1.807) is 14.2 Å². The Bertz CT molecular complexity index is 190. The van der Waals surface area contributed by atoms with Crippen molar-refractivity contribution in [3.63, 3.8) is 0 Å². The van der Waals surface area contributed by atoms with Gasteiger partial charge in [-0.2, -0.15) is 0 Å². The van der Waals surface area contributed by atoms with Crippen molar-refractivity contribution in [1.82, 2.24) is 10.6 Å². The Labute approximate surface area is 110 Å². The van der Waals surface area contributed by atoms with Gasteiger partial charge in [-0.3, -0.25) is 4.99 Å². The van der Waals surface area contributed by atoms with Crippen LogP contribution in [0.2, 0.25) is 0 Å². The summed E-state index contributed by atoms with van der Waals surface area (Å²) < 4.78 is 5.41. The van der Waals surface area contributed by atoms with Crippen molar-refractivity contribution < 1.29 is 4.74 Å². The highest BCUT2D eigenvalue weighted by molar-refractivity contribution is 14.0. The first kappa shape index (κ1) is 17.4. The lowest BCUT2D eigenvalue weighted by Crippen LogP contribution is -2.44. The summed E-state index contributed by atoms with van der Waals surface area (Å²) in [6, 6.07) is 0. The fourth-order valence-electron chi connectivity index (χ4n) is 1.21. The molecule has 0 aliphatic heterocycles. The molecule has 0 fully saturated rings. The van der Waals surface area contributed by atoms with E-state index in [0.717, 1.165) is 12.5 Å². The second-order valence-electron chi connectivity index (χ2n) is 4.29. The van der Waals surface area contributed by atoms with E-state index in [4.69, 9.17) is 4.74 Å². The summed E-state index contributed by atoms with van der Waals surface area (Å²) in [6.45, 7) is 7.23. The van der Waals surface area contributed by atoms with Crippen LogP contribution in [0.4, 0.5) is 0 Å². The van der Waals surface area contributed by atoms with E-state index in [2.05, 4.69) is 36.4 Å². The zero-order chi connectivity index (χ0) is 11.2. The SMILES string of the molecule is CN=C(NC)NCC(OC)C(C)(C)C.I. The van der Waals surface area contributed by atoms with Crippen molar-refractivity contribution in [2.75, 3.05) is 27.7 Å². The molecule has 0 spiro atoms. The number of aliphatic imine (C=N–C) groups is 1. The molecule has 5 heteroatoms. The third-order valence-electron chi connectivity index (χ3n) is 2.17. The molecule has 0 aromatic carbocycles. The molecule has 15 heavy (non-hydrogen) atoms. The summed E-state index contributed by atoms with van der Waals surface area (Å²) >= 11 is 0. The van der Waals surface area contributed by atoms with Gasteiger partial charge in [-0.15, -0.1) is 24.0 Å². The molecule has 1 unspecified atom stereocenters. The first-order chi connectivity index (χ1) is 6.45. The van der Waals surface area contributed by atoms with E-state index < -0.39 is 0 Å². The molecule has 0 amide bonds. The molecule has 92 valence electrons. The standard InChI is InChI=1S/C10H23N3O.HI/c1-10(2,3)8(14-6)7-13-9(11-4)12-5;/h8H,7H2,1-6H3,(H2,11,12,13);1H. The summed E-state index contributed by atoms with van der Waals surface area (Å²) in [5.74, 6) is 0.788. The summed E-state index contributed by atoms with van der Waals surface area (Å²) in [4.78, 5) is 4.03. The molecular weight excluding hydrogens is 305 g/mol. The Balaban J connectivity index is 0. The zero-order valence-corrected chi connectivity index (χ0v) is 12.9. The largest absolute Gasteiger partial charge is 0.379 e. The maximum atomic E-state index is 5.41. The number of hydrogen-bond donors (Lipinski definition) is 2. The van der Waals surface area contributed by atoms with E-state index >= 15 is 0 Å². The highest BCUT2D eigenvalue weighted by Crippen LogP contribution is 2.20. The van der Waals surface area contributed by atoms with Crippen molar-refractivity contribution in [2.45, 2.75) is 26.9 Å². The molecule has 2 N–H and O–H groups in total. The number of methoxy groups -OCH3 is 1. The van der Waals surface area contributed by atoms with Crippen LogP contribution in [0.25, 0.3) is 0 Å². The van der Waals surface area contributed by atoms with Crippen LogP contribution in [0, 0.1) is 5.41 Å². The molecule has 0 aliphatic rings. The van der Waals surface area contributed by atoms with Gasteiger partial charge in [0.15, 0.2) is 5.96 Å². The van der Waals surface area contributed by atoms with Crippen LogP contribution in [0.5, 0.6) is 0 Å². The lowest BCUT2D eigenvalue weighted by Gasteiger charge is -2.29. The Morgan fingerprint density at radius 3 is 2.20 bits per heavy atom. The van der Waals surface area contributed by atoms with Gasteiger partial charge in [-0.1, -0.05) is 20.8 Å². The van der Waals surface area contributed by atoms with E-state index in [-0.39, 0.29) is 35.5 Å². The molecule has 0 aromatic rings. The second-order valence-corrected chi connectivity index (χ2v) is 4.29. The molecule has 0 saturated heterocycles. The van der Waals surface area contributed by atoms with Gasteiger partial charge in [0.05, 0.1) is 6.10 Å². The van der Waals surface area contributed by atoms with Crippen LogP contribution in [-0.2, 0) is 4.74 Å². The Morgan fingerprint density at radius 1 is 1.40 bits per heavy atom. The predicted molar refractivity (Wildman–Crippen MR) is 76.1 cm³/mol. The number of ether oxygens (including phenoxy) is 1. The van der Waals surface area contributed by atoms with Gasteiger partial charge in [-0.05, 0) is 5.41 Å². The molecule has 0 heterocycles. The molecule has 1 atom stereocenters. The van der Waals surface area contributed by atoms with Gasteiger partial charge < -0.3 is 15.4 Å². The number of guanidine groups is 1. The lowest BCUT2D eigenvalue weighted by molar-refractivity contribution is 0.0205. The predicted octanol–water partition coefficient (Wildman–Crippen LogP) is 1.46. The minimum absolute atomic E-state index is 0. The van der Waals surface area contributed by atoms with Crippen molar-refractivity contribution in [3.05, 3.63) is 0 Å². The van der Waals surface area contributed by atoms with Crippen molar-refractivity contribution in [1.29, 1.82) is 0 Å². The monoisotopic (exact) mass is 329 g/mol. The van der Waals surface area contributed by atoms with Gasteiger partial charge >= 0.3 is 0 Å². The smallest absolute Gasteiger partial charge is 0.190 e. The molecule has 0 rings (SSSR count). The Kier molecular flexibility index (Phi) is 9.43. The zero-order valence-electron chi connectivity index (χ0n) is 10.5. The van der Waals surface area contributed by atoms with Crippen LogP contribution in [0.1, 0.15) is 20.8 Å². The maximum absolute atomic E-state index is 5.41. The van der Waals surface area contributed by atoms with Gasteiger partial charge in [0.25, 0.3) is 0 Å². The molecule has 0 aliphatic carbocycles. The van der Waals surface area contributed by atoms with Gasteiger partial charge in [0.1, 0.15) is 0 Å². The van der Waals surface area contributed by atoms with Crippen LogP contribution in [-0.4, -0.2) is 39.8 Å². The van der Waals surface area contributed by atoms with Crippen LogP contribution >= 0.6 is 24.0 Å². The highest BCUT2D eigenvalue weighted by Gasteiger charge is 2.24. The third-order valence-corrected chi connectivity index (χ3v) is 2.17. The van der Waals surface area contributed by atoms with Gasteiger partial charge in [0.2, 0.25) is 0 Å². The average Bonchev–Trinajstić information content (AvgIpc) is 2.10. The minimum atomic E-state index is 0. The Hall–Kier alpha value is -0.0400. The van der Waals surface area contributed by atoms with Gasteiger partial charge in [-0.25, -0.2) is 0 Å². The molecule has 0 bridgehead atoms.